The van der Waals surface area contributed by atoms with Gasteiger partial charge in [-0.15, -0.1) is 6.58 Å². The van der Waals surface area contributed by atoms with Gasteiger partial charge in [-0.05, 0) is 30.2 Å². The van der Waals surface area contributed by atoms with Gasteiger partial charge in [-0.25, -0.2) is 0 Å². The molecular formula is C18H21NO. The van der Waals surface area contributed by atoms with Gasteiger partial charge in [-0.2, -0.15) is 0 Å². The van der Waals surface area contributed by atoms with E-state index in [0.29, 0.717) is 6.61 Å². The van der Waals surface area contributed by atoms with Crippen LogP contribution in [0.3, 0.4) is 0 Å². The van der Waals surface area contributed by atoms with E-state index >= 15 is 0 Å². The molecule has 0 heterocycles. The van der Waals surface area contributed by atoms with Crippen LogP contribution in [0, 0.1) is 6.92 Å². The van der Waals surface area contributed by atoms with Crippen molar-refractivity contribution < 1.29 is 4.74 Å². The van der Waals surface area contributed by atoms with Crippen LogP contribution in [0.25, 0.3) is 0 Å². The molecule has 104 valence electrons. The molecule has 0 saturated carbocycles. The van der Waals surface area contributed by atoms with Crippen LogP contribution < -0.4 is 10.1 Å². The molecule has 2 heteroatoms. The second-order valence-corrected chi connectivity index (χ2v) is 4.84. The average Bonchev–Trinajstić information content (AvgIpc) is 2.46. The van der Waals surface area contributed by atoms with Gasteiger partial charge >= 0.3 is 0 Å². The Labute approximate surface area is 121 Å². The second-order valence-electron chi connectivity index (χ2n) is 4.84. The van der Waals surface area contributed by atoms with Gasteiger partial charge in [0.1, 0.15) is 12.4 Å². The fourth-order valence-corrected chi connectivity index (χ4v) is 2.03. The van der Waals surface area contributed by atoms with E-state index in [1.54, 1.807) is 0 Å². The molecule has 0 radical (unpaired) electrons. The summed E-state index contributed by atoms with van der Waals surface area (Å²) >= 11 is 0. The molecule has 0 aliphatic carbocycles. The highest BCUT2D eigenvalue weighted by Crippen LogP contribution is 2.15. The number of benzene rings is 2. The lowest BCUT2D eigenvalue weighted by molar-refractivity contribution is 0.306. The third-order valence-electron chi connectivity index (χ3n) is 3.00. The molecule has 0 atom stereocenters. The first-order valence-corrected chi connectivity index (χ1v) is 6.87. The molecule has 1 N–H and O–H groups in total. The molecule has 0 saturated heterocycles. The maximum absolute atomic E-state index is 5.85. The quantitative estimate of drug-likeness (QED) is 0.608. The Hall–Kier alpha value is -2.06. The Morgan fingerprint density at radius 1 is 1.10 bits per heavy atom. The molecule has 0 amide bonds. The highest BCUT2D eigenvalue weighted by Gasteiger charge is 1.98. The van der Waals surface area contributed by atoms with Crippen LogP contribution in [0.15, 0.2) is 61.2 Å². The zero-order valence-corrected chi connectivity index (χ0v) is 11.9. The van der Waals surface area contributed by atoms with E-state index in [1.165, 1.54) is 16.7 Å². The first kappa shape index (κ1) is 14.4. The summed E-state index contributed by atoms with van der Waals surface area (Å²) < 4.78 is 5.85. The van der Waals surface area contributed by atoms with Crippen LogP contribution in [-0.4, -0.2) is 6.54 Å². The lowest BCUT2D eigenvalue weighted by Gasteiger charge is -2.09. The smallest absolute Gasteiger partial charge is 0.120 e. The van der Waals surface area contributed by atoms with Crippen molar-refractivity contribution in [3.05, 3.63) is 77.9 Å². The van der Waals surface area contributed by atoms with Crippen LogP contribution in [0.4, 0.5) is 0 Å². The SMILES string of the molecule is C=CCNCc1cccc(OCc2cccc(C)c2)c1. The van der Waals surface area contributed by atoms with Gasteiger partial charge in [0.15, 0.2) is 0 Å². The summed E-state index contributed by atoms with van der Waals surface area (Å²) in [6.07, 6.45) is 1.86. The van der Waals surface area contributed by atoms with E-state index in [0.717, 1.165) is 18.8 Å². The van der Waals surface area contributed by atoms with Crippen LogP contribution in [0.5, 0.6) is 5.75 Å². The summed E-state index contributed by atoms with van der Waals surface area (Å²) in [7, 11) is 0. The number of aryl methyl sites for hydroxylation is 1. The Morgan fingerprint density at radius 2 is 1.90 bits per heavy atom. The molecule has 0 aliphatic rings. The first-order chi connectivity index (χ1) is 9.78. The van der Waals surface area contributed by atoms with E-state index in [1.807, 2.05) is 18.2 Å². The van der Waals surface area contributed by atoms with Gasteiger partial charge in [0.05, 0.1) is 0 Å². The normalized spacial score (nSPS) is 10.2. The summed E-state index contributed by atoms with van der Waals surface area (Å²) in [5, 5.41) is 3.29. The van der Waals surface area contributed by atoms with Crippen molar-refractivity contribution in [2.75, 3.05) is 6.54 Å². The van der Waals surface area contributed by atoms with Crippen molar-refractivity contribution in [3.63, 3.8) is 0 Å². The van der Waals surface area contributed by atoms with Gasteiger partial charge in [-0.1, -0.05) is 48.0 Å². The van der Waals surface area contributed by atoms with Gasteiger partial charge in [-0.3, -0.25) is 0 Å². The Bertz CT molecular complexity index is 563. The number of hydrogen-bond donors (Lipinski definition) is 1. The van der Waals surface area contributed by atoms with Crippen molar-refractivity contribution in [2.45, 2.75) is 20.1 Å². The highest BCUT2D eigenvalue weighted by molar-refractivity contribution is 5.29. The third kappa shape index (κ3) is 4.56. The maximum atomic E-state index is 5.85. The van der Waals surface area contributed by atoms with Gasteiger partial charge in [0.2, 0.25) is 0 Å². The van der Waals surface area contributed by atoms with Gasteiger partial charge < -0.3 is 10.1 Å². The fourth-order valence-electron chi connectivity index (χ4n) is 2.03. The van der Waals surface area contributed by atoms with Crippen LogP contribution in [-0.2, 0) is 13.2 Å². The molecule has 2 aromatic carbocycles. The van der Waals surface area contributed by atoms with Crippen molar-refractivity contribution in [3.8, 4) is 5.75 Å². The molecular weight excluding hydrogens is 246 g/mol. The third-order valence-corrected chi connectivity index (χ3v) is 3.00. The standard InChI is InChI=1S/C18H21NO/c1-3-10-19-13-16-7-5-9-18(12-16)20-14-17-8-4-6-15(2)11-17/h3-9,11-12,19H,1,10,13-14H2,2H3. The summed E-state index contributed by atoms with van der Waals surface area (Å²) in [4.78, 5) is 0. The average molecular weight is 267 g/mol. The topological polar surface area (TPSA) is 21.3 Å². The van der Waals surface area contributed by atoms with Crippen molar-refractivity contribution in [2.24, 2.45) is 0 Å². The minimum atomic E-state index is 0.602. The van der Waals surface area contributed by atoms with Crippen LogP contribution in [0.2, 0.25) is 0 Å². The Kier molecular flexibility index (Phi) is 5.39. The fraction of sp³-hybridized carbons (Fsp3) is 0.222. The molecule has 2 rings (SSSR count). The summed E-state index contributed by atoms with van der Waals surface area (Å²) in [6.45, 7) is 8.03. The number of nitrogens with one attached hydrogen (secondary N) is 1. The highest BCUT2D eigenvalue weighted by atomic mass is 16.5. The lowest BCUT2D eigenvalue weighted by atomic mass is 10.1. The molecule has 0 spiro atoms. The van der Waals surface area contributed by atoms with E-state index in [-0.39, 0.29) is 0 Å². The van der Waals surface area contributed by atoms with E-state index in [4.69, 9.17) is 4.74 Å². The zero-order chi connectivity index (χ0) is 14.2. The predicted octanol–water partition coefficient (Wildman–Crippen LogP) is 3.85. The molecule has 0 aliphatic heterocycles. The Morgan fingerprint density at radius 3 is 2.70 bits per heavy atom. The van der Waals surface area contributed by atoms with Crippen molar-refractivity contribution >= 4 is 0 Å². The van der Waals surface area contributed by atoms with Crippen LogP contribution >= 0.6 is 0 Å². The lowest BCUT2D eigenvalue weighted by Crippen LogP contribution is -2.12. The van der Waals surface area contributed by atoms with Crippen molar-refractivity contribution in [1.29, 1.82) is 0 Å². The van der Waals surface area contributed by atoms with E-state index in [2.05, 4.69) is 55.2 Å². The number of hydrogen-bond acceptors (Lipinski definition) is 2. The number of ether oxygens (including phenoxy) is 1. The molecule has 2 nitrogen and oxygen atoms in total. The molecule has 0 unspecified atom stereocenters. The van der Waals surface area contributed by atoms with Gasteiger partial charge in [0.25, 0.3) is 0 Å². The molecule has 0 fully saturated rings. The molecule has 0 aromatic heterocycles. The second kappa shape index (κ2) is 7.51. The molecule has 0 bridgehead atoms. The number of rotatable bonds is 7. The molecule has 20 heavy (non-hydrogen) atoms. The monoisotopic (exact) mass is 267 g/mol. The molecule has 2 aromatic rings. The van der Waals surface area contributed by atoms with Gasteiger partial charge in [0, 0.05) is 13.1 Å². The minimum absolute atomic E-state index is 0.602. The summed E-state index contributed by atoms with van der Waals surface area (Å²) in [6, 6.07) is 16.6. The predicted molar refractivity (Wildman–Crippen MR) is 83.9 cm³/mol. The van der Waals surface area contributed by atoms with E-state index < -0.39 is 0 Å². The minimum Gasteiger partial charge on any atom is -0.489 e. The zero-order valence-electron chi connectivity index (χ0n) is 11.9. The maximum Gasteiger partial charge on any atom is 0.120 e. The first-order valence-electron chi connectivity index (χ1n) is 6.87. The summed E-state index contributed by atoms with van der Waals surface area (Å²) in [5.74, 6) is 0.907. The Balaban J connectivity index is 1.92. The van der Waals surface area contributed by atoms with Crippen LogP contribution in [0.1, 0.15) is 16.7 Å². The van der Waals surface area contributed by atoms with Crippen molar-refractivity contribution in [1.82, 2.24) is 5.32 Å². The largest absolute Gasteiger partial charge is 0.489 e. The summed E-state index contributed by atoms with van der Waals surface area (Å²) in [5.41, 5.74) is 3.67. The van der Waals surface area contributed by atoms with E-state index in [9.17, 15) is 0 Å².